The molecule has 0 saturated heterocycles. The van der Waals surface area contributed by atoms with Gasteiger partial charge in [0, 0.05) is 30.5 Å². The topological polar surface area (TPSA) is 17.0 Å². The number of nitrogens with zero attached hydrogens (tertiary/aromatic N) is 1. The summed E-state index contributed by atoms with van der Waals surface area (Å²) in [4.78, 5) is 0. The molecule has 0 radical (unpaired) electrons. The molecule has 2 unspecified atom stereocenters. The molecule has 0 spiro atoms. The first-order valence-corrected chi connectivity index (χ1v) is 7.00. The van der Waals surface area contributed by atoms with Gasteiger partial charge in [-0.05, 0) is 57.6 Å². The molecule has 1 saturated carbocycles. The molecule has 2 rings (SSSR count). The van der Waals surface area contributed by atoms with E-state index < -0.39 is 0 Å². The van der Waals surface area contributed by atoms with Gasteiger partial charge in [-0.2, -0.15) is 0 Å². The summed E-state index contributed by atoms with van der Waals surface area (Å²) in [6, 6.07) is 3.08. The van der Waals surface area contributed by atoms with Crippen LogP contribution in [0.1, 0.15) is 50.1 Å². The van der Waals surface area contributed by atoms with Crippen LogP contribution in [0.5, 0.6) is 0 Å². The van der Waals surface area contributed by atoms with E-state index in [9.17, 15) is 0 Å². The largest absolute Gasteiger partial charge is 0.349 e. The molecule has 2 atom stereocenters. The van der Waals surface area contributed by atoms with Crippen molar-refractivity contribution in [2.24, 2.45) is 5.92 Å². The Bertz CT molecular complexity index is 379. The highest BCUT2D eigenvalue weighted by atomic mass is 15.0. The van der Waals surface area contributed by atoms with E-state index in [1.165, 1.54) is 36.2 Å². The van der Waals surface area contributed by atoms with Crippen molar-refractivity contribution in [1.29, 1.82) is 0 Å². The Kier molecular flexibility index (Phi) is 3.93. The highest BCUT2D eigenvalue weighted by molar-refractivity contribution is 5.26. The Morgan fingerprint density at radius 2 is 2.12 bits per heavy atom. The van der Waals surface area contributed by atoms with Gasteiger partial charge in [0.05, 0.1) is 0 Å². The second-order valence-corrected chi connectivity index (χ2v) is 5.64. The summed E-state index contributed by atoms with van der Waals surface area (Å²) < 4.78 is 2.40. The van der Waals surface area contributed by atoms with Gasteiger partial charge >= 0.3 is 0 Å². The van der Waals surface area contributed by atoms with Crippen LogP contribution in [0.25, 0.3) is 0 Å². The number of hydrogen-bond acceptors (Lipinski definition) is 1. The fraction of sp³-hybridized carbons (Fsp3) is 0.733. The number of aromatic nitrogens is 1. The summed E-state index contributed by atoms with van der Waals surface area (Å²) in [5.74, 6) is 0.913. The molecule has 0 aromatic carbocycles. The fourth-order valence-corrected chi connectivity index (χ4v) is 3.18. The van der Waals surface area contributed by atoms with Crippen molar-refractivity contribution in [1.82, 2.24) is 9.88 Å². The standard InChI is InChI=1S/C15H26N2/c1-5-17-12(3)9-14(13(17)4)10-16-15-7-6-11(2)8-15/h9,11,15-16H,5-8,10H2,1-4H3. The van der Waals surface area contributed by atoms with Gasteiger partial charge in [-0.15, -0.1) is 0 Å². The van der Waals surface area contributed by atoms with Crippen LogP contribution in [0.3, 0.4) is 0 Å². The lowest BCUT2D eigenvalue weighted by Crippen LogP contribution is -2.25. The van der Waals surface area contributed by atoms with E-state index in [1.807, 2.05) is 0 Å². The minimum Gasteiger partial charge on any atom is -0.349 e. The summed E-state index contributed by atoms with van der Waals surface area (Å²) >= 11 is 0. The molecule has 17 heavy (non-hydrogen) atoms. The van der Waals surface area contributed by atoms with Crippen molar-refractivity contribution in [2.45, 2.75) is 66.1 Å². The van der Waals surface area contributed by atoms with Crippen molar-refractivity contribution in [2.75, 3.05) is 0 Å². The van der Waals surface area contributed by atoms with Crippen molar-refractivity contribution < 1.29 is 0 Å². The fourth-order valence-electron chi connectivity index (χ4n) is 3.18. The van der Waals surface area contributed by atoms with E-state index >= 15 is 0 Å². The molecule has 2 nitrogen and oxygen atoms in total. The van der Waals surface area contributed by atoms with Crippen LogP contribution >= 0.6 is 0 Å². The molecule has 1 aliphatic rings. The molecule has 1 heterocycles. The van der Waals surface area contributed by atoms with Crippen LogP contribution in [0.2, 0.25) is 0 Å². The van der Waals surface area contributed by atoms with E-state index in [-0.39, 0.29) is 0 Å². The molecular formula is C15H26N2. The lowest BCUT2D eigenvalue weighted by molar-refractivity contribution is 0.501. The van der Waals surface area contributed by atoms with Crippen molar-refractivity contribution in [3.05, 3.63) is 23.0 Å². The van der Waals surface area contributed by atoms with Gasteiger partial charge in [-0.1, -0.05) is 6.92 Å². The second kappa shape index (κ2) is 5.26. The first kappa shape index (κ1) is 12.7. The summed E-state index contributed by atoms with van der Waals surface area (Å²) in [6.45, 7) is 11.2. The van der Waals surface area contributed by atoms with Gasteiger partial charge in [0.25, 0.3) is 0 Å². The number of aryl methyl sites for hydroxylation is 1. The molecule has 0 bridgehead atoms. The van der Waals surface area contributed by atoms with Crippen molar-refractivity contribution >= 4 is 0 Å². The van der Waals surface area contributed by atoms with E-state index in [0.717, 1.165) is 25.0 Å². The first-order chi connectivity index (χ1) is 8.11. The minimum atomic E-state index is 0.745. The van der Waals surface area contributed by atoms with E-state index in [2.05, 4.69) is 43.6 Å². The monoisotopic (exact) mass is 234 g/mol. The van der Waals surface area contributed by atoms with Gasteiger partial charge in [-0.3, -0.25) is 0 Å². The first-order valence-electron chi connectivity index (χ1n) is 7.00. The van der Waals surface area contributed by atoms with Crippen LogP contribution in [0, 0.1) is 19.8 Å². The van der Waals surface area contributed by atoms with E-state index in [4.69, 9.17) is 0 Å². The molecule has 1 aliphatic carbocycles. The summed E-state index contributed by atoms with van der Waals surface area (Å²) in [5, 5.41) is 3.72. The molecule has 0 aliphatic heterocycles. The summed E-state index contributed by atoms with van der Waals surface area (Å²) in [5.41, 5.74) is 4.30. The molecule has 1 aromatic heterocycles. The van der Waals surface area contributed by atoms with Gasteiger partial charge in [0.15, 0.2) is 0 Å². The van der Waals surface area contributed by atoms with E-state index in [0.29, 0.717) is 0 Å². The van der Waals surface area contributed by atoms with Crippen LogP contribution < -0.4 is 5.32 Å². The summed E-state index contributed by atoms with van der Waals surface area (Å²) in [7, 11) is 0. The predicted octanol–water partition coefficient (Wildman–Crippen LogP) is 3.40. The maximum absolute atomic E-state index is 3.72. The van der Waals surface area contributed by atoms with Gasteiger partial charge in [0.2, 0.25) is 0 Å². The molecular weight excluding hydrogens is 208 g/mol. The third kappa shape index (κ3) is 2.74. The lowest BCUT2D eigenvalue weighted by Gasteiger charge is -2.12. The van der Waals surface area contributed by atoms with Crippen LogP contribution in [0.15, 0.2) is 6.07 Å². The SMILES string of the molecule is CCn1c(C)cc(CNC2CCC(C)C2)c1C. The van der Waals surface area contributed by atoms with Crippen LogP contribution in [-0.2, 0) is 13.1 Å². The molecule has 1 fully saturated rings. The maximum Gasteiger partial charge on any atom is 0.0225 e. The molecule has 96 valence electrons. The summed E-state index contributed by atoms with van der Waals surface area (Å²) in [6.07, 6.45) is 4.10. The van der Waals surface area contributed by atoms with E-state index in [1.54, 1.807) is 0 Å². The lowest BCUT2D eigenvalue weighted by atomic mass is 10.1. The maximum atomic E-state index is 3.72. The van der Waals surface area contributed by atoms with Crippen LogP contribution in [-0.4, -0.2) is 10.6 Å². The minimum absolute atomic E-state index is 0.745. The predicted molar refractivity (Wildman–Crippen MR) is 73.2 cm³/mol. The molecule has 0 amide bonds. The highest BCUT2D eigenvalue weighted by Gasteiger charge is 2.20. The Labute approximate surface area is 105 Å². The molecule has 1 aromatic rings. The zero-order valence-corrected chi connectivity index (χ0v) is 11.7. The average molecular weight is 234 g/mol. The average Bonchev–Trinajstić information content (AvgIpc) is 2.81. The van der Waals surface area contributed by atoms with Gasteiger partial charge in [-0.25, -0.2) is 0 Å². The molecule has 2 heteroatoms. The van der Waals surface area contributed by atoms with Gasteiger partial charge < -0.3 is 9.88 Å². The van der Waals surface area contributed by atoms with Crippen LogP contribution in [0.4, 0.5) is 0 Å². The quantitative estimate of drug-likeness (QED) is 0.845. The number of nitrogens with one attached hydrogen (secondary N) is 1. The Balaban J connectivity index is 1.95. The normalized spacial score (nSPS) is 24.5. The van der Waals surface area contributed by atoms with Crippen molar-refractivity contribution in [3.63, 3.8) is 0 Å². The highest BCUT2D eigenvalue weighted by Crippen LogP contribution is 2.25. The van der Waals surface area contributed by atoms with Crippen molar-refractivity contribution in [3.8, 4) is 0 Å². The van der Waals surface area contributed by atoms with Gasteiger partial charge in [0.1, 0.15) is 0 Å². The Morgan fingerprint density at radius 3 is 2.65 bits per heavy atom. The Morgan fingerprint density at radius 1 is 1.35 bits per heavy atom. The zero-order chi connectivity index (χ0) is 12.4. The smallest absolute Gasteiger partial charge is 0.0225 e. The zero-order valence-electron chi connectivity index (χ0n) is 11.7. The third-order valence-electron chi connectivity index (χ3n) is 4.27. The number of rotatable bonds is 4. The number of hydrogen-bond donors (Lipinski definition) is 1. The second-order valence-electron chi connectivity index (χ2n) is 5.64. The third-order valence-corrected chi connectivity index (χ3v) is 4.27. The Hall–Kier alpha value is -0.760. The molecule has 1 N–H and O–H groups in total.